The molecule has 1 fully saturated rings. The summed E-state index contributed by atoms with van der Waals surface area (Å²) in [6, 6.07) is 4.09. The first kappa shape index (κ1) is 11.7. The van der Waals surface area contributed by atoms with Gasteiger partial charge < -0.3 is 9.73 Å². The highest BCUT2D eigenvalue weighted by Gasteiger charge is 2.17. The van der Waals surface area contributed by atoms with Crippen molar-refractivity contribution in [2.75, 3.05) is 6.54 Å². The van der Waals surface area contributed by atoms with Gasteiger partial charge in [-0.3, -0.25) is 0 Å². The molecule has 0 atom stereocenters. The van der Waals surface area contributed by atoms with Gasteiger partial charge in [0.05, 0.1) is 6.54 Å². The highest BCUT2D eigenvalue weighted by molar-refractivity contribution is 5.05. The van der Waals surface area contributed by atoms with Gasteiger partial charge in [-0.1, -0.05) is 19.8 Å². The summed E-state index contributed by atoms with van der Waals surface area (Å²) in [6.45, 7) is 6.38. The molecule has 0 unspecified atom stereocenters. The lowest BCUT2D eigenvalue weighted by Gasteiger charge is -2.26. The van der Waals surface area contributed by atoms with Crippen molar-refractivity contribution in [1.82, 2.24) is 5.32 Å². The molecule has 2 heteroatoms. The molecule has 1 aliphatic carbocycles. The van der Waals surface area contributed by atoms with Crippen LogP contribution in [-0.2, 0) is 6.54 Å². The Morgan fingerprint density at radius 1 is 1.25 bits per heavy atom. The summed E-state index contributed by atoms with van der Waals surface area (Å²) in [4.78, 5) is 0. The van der Waals surface area contributed by atoms with Gasteiger partial charge in [-0.05, 0) is 50.3 Å². The number of aryl methyl sites for hydroxylation is 1. The Morgan fingerprint density at radius 3 is 2.62 bits per heavy atom. The molecule has 0 aliphatic heterocycles. The van der Waals surface area contributed by atoms with E-state index in [-0.39, 0.29) is 0 Å². The molecule has 0 radical (unpaired) electrons. The Bertz CT molecular complexity index is 310. The van der Waals surface area contributed by atoms with E-state index in [9.17, 15) is 0 Å². The first-order valence-electron chi connectivity index (χ1n) is 6.50. The molecule has 0 aromatic carbocycles. The SMILES string of the molecule is Cc1ccc(CNC[C@H]2CC[C@H](C)CC2)o1. The van der Waals surface area contributed by atoms with E-state index < -0.39 is 0 Å². The smallest absolute Gasteiger partial charge is 0.117 e. The van der Waals surface area contributed by atoms with Gasteiger partial charge in [0.15, 0.2) is 0 Å². The summed E-state index contributed by atoms with van der Waals surface area (Å²) in [6.07, 6.45) is 5.61. The van der Waals surface area contributed by atoms with E-state index in [0.717, 1.165) is 36.4 Å². The zero-order chi connectivity index (χ0) is 11.4. The Hall–Kier alpha value is -0.760. The number of rotatable bonds is 4. The minimum atomic E-state index is 0.875. The third kappa shape index (κ3) is 3.38. The second-order valence-electron chi connectivity index (χ2n) is 5.27. The van der Waals surface area contributed by atoms with Crippen LogP contribution in [-0.4, -0.2) is 6.54 Å². The molecule has 16 heavy (non-hydrogen) atoms. The van der Waals surface area contributed by atoms with Crippen LogP contribution in [0.25, 0.3) is 0 Å². The monoisotopic (exact) mass is 221 g/mol. The van der Waals surface area contributed by atoms with Crippen LogP contribution in [0, 0.1) is 18.8 Å². The van der Waals surface area contributed by atoms with Crippen molar-refractivity contribution in [3.8, 4) is 0 Å². The fourth-order valence-electron chi connectivity index (χ4n) is 2.51. The molecule has 1 aliphatic rings. The van der Waals surface area contributed by atoms with Crippen LogP contribution >= 0.6 is 0 Å². The molecule has 90 valence electrons. The van der Waals surface area contributed by atoms with Crippen LogP contribution in [0.1, 0.15) is 44.1 Å². The average Bonchev–Trinajstić information content (AvgIpc) is 2.67. The molecule has 2 nitrogen and oxygen atoms in total. The fraction of sp³-hybridized carbons (Fsp3) is 0.714. The van der Waals surface area contributed by atoms with Crippen molar-refractivity contribution in [3.63, 3.8) is 0 Å². The van der Waals surface area contributed by atoms with Crippen molar-refractivity contribution in [1.29, 1.82) is 0 Å². The van der Waals surface area contributed by atoms with Crippen LogP contribution in [0.2, 0.25) is 0 Å². The van der Waals surface area contributed by atoms with Crippen LogP contribution in [0.5, 0.6) is 0 Å². The van der Waals surface area contributed by atoms with Crippen molar-refractivity contribution in [2.24, 2.45) is 11.8 Å². The summed E-state index contributed by atoms with van der Waals surface area (Å²) < 4.78 is 5.53. The summed E-state index contributed by atoms with van der Waals surface area (Å²) in [5, 5.41) is 3.51. The maximum absolute atomic E-state index is 5.53. The van der Waals surface area contributed by atoms with E-state index in [1.54, 1.807) is 0 Å². The lowest BCUT2D eigenvalue weighted by Crippen LogP contribution is -2.25. The van der Waals surface area contributed by atoms with Gasteiger partial charge >= 0.3 is 0 Å². The van der Waals surface area contributed by atoms with E-state index >= 15 is 0 Å². The Labute approximate surface area is 98.4 Å². The van der Waals surface area contributed by atoms with Gasteiger partial charge in [-0.2, -0.15) is 0 Å². The molecular weight excluding hydrogens is 198 g/mol. The Balaban J connectivity index is 1.64. The molecule has 1 N–H and O–H groups in total. The van der Waals surface area contributed by atoms with Gasteiger partial charge in [0.25, 0.3) is 0 Å². The minimum Gasteiger partial charge on any atom is -0.465 e. The maximum atomic E-state index is 5.53. The number of furan rings is 1. The van der Waals surface area contributed by atoms with E-state index in [1.807, 2.05) is 13.0 Å². The zero-order valence-corrected chi connectivity index (χ0v) is 10.5. The lowest BCUT2D eigenvalue weighted by molar-refractivity contribution is 0.279. The van der Waals surface area contributed by atoms with Crippen LogP contribution in [0.3, 0.4) is 0 Å². The number of hydrogen-bond donors (Lipinski definition) is 1. The molecule has 2 rings (SSSR count). The zero-order valence-electron chi connectivity index (χ0n) is 10.5. The topological polar surface area (TPSA) is 25.2 Å². The van der Waals surface area contributed by atoms with Crippen LogP contribution in [0.15, 0.2) is 16.5 Å². The van der Waals surface area contributed by atoms with Gasteiger partial charge in [0.2, 0.25) is 0 Å². The Kier molecular flexibility index (Phi) is 4.05. The Morgan fingerprint density at radius 2 is 2.00 bits per heavy atom. The van der Waals surface area contributed by atoms with Crippen LogP contribution < -0.4 is 5.32 Å². The average molecular weight is 221 g/mol. The van der Waals surface area contributed by atoms with E-state index in [1.165, 1.54) is 25.7 Å². The quantitative estimate of drug-likeness (QED) is 0.841. The number of hydrogen-bond acceptors (Lipinski definition) is 2. The molecule has 1 saturated carbocycles. The minimum absolute atomic E-state index is 0.875. The third-order valence-corrected chi connectivity index (χ3v) is 3.66. The molecule has 1 aromatic rings. The maximum Gasteiger partial charge on any atom is 0.117 e. The van der Waals surface area contributed by atoms with Crippen molar-refractivity contribution in [2.45, 2.75) is 46.1 Å². The molecule has 0 amide bonds. The van der Waals surface area contributed by atoms with E-state index in [4.69, 9.17) is 4.42 Å². The lowest BCUT2D eigenvalue weighted by atomic mass is 9.83. The standard InChI is InChI=1S/C14H23NO/c1-11-3-6-13(7-4-11)9-15-10-14-8-5-12(2)16-14/h5,8,11,13,15H,3-4,6-7,9-10H2,1-2H3/t11-,13-. The second kappa shape index (κ2) is 5.53. The van der Waals surface area contributed by atoms with Gasteiger partial charge in [-0.25, -0.2) is 0 Å². The van der Waals surface area contributed by atoms with E-state index in [0.29, 0.717) is 0 Å². The van der Waals surface area contributed by atoms with Crippen molar-refractivity contribution >= 4 is 0 Å². The summed E-state index contributed by atoms with van der Waals surface area (Å²) in [7, 11) is 0. The normalized spacial score (nSPS) is 25.9. The van der Waals surface area contributed by atoms with Gasteiger partial charge in [0.1, 0.15) is 11.5 Å². The van der Waals surface area contributed by atoms with Crippen molar-refractivity contribution in [3.05, 3.63) is 23.7 Å². The molecule has 0 bridgehead atoms. The predicted molar refractivity (Wildman–Crippen MR) is 66.3 cm³/mol. The van der Waals surface area contributed by atoms with Gasteiger partial charge in [0, 0.05) is 0 Å². The molecular formula is C14H23NO. The third-order valence-electron chi connectivity index (χ3n) is 3.66. The summed E-state index contributed by atoms with van der Waals surface area (Å²) in [5.74, 6) is 3.89. The van der Waals surface area contributed by atoms with Gasteiger partial charge in [-0.15, -0.1) is 0 Å². The highest BCUT2D eigenvalue weighted by atomic mass is 16.3. The second-order valence-corrected chi connectivity index (χ2v) is 5.27. The predicted octanol–water partition coefficient (Wildman–Crippen LogP) is 3.50. The van der Waals surface area contributed by atoms with E-state index in [2.05, 4.69) is 18.3 Å². The summed E-state index contributed by atoms with van der Waals surface area (Å²) in [5.41, 5.74) is 0. The molecule has 1 aromatic heterocycles. The highest BCUT2D eigenvalue weighted by Crippen LogP contribution is 2.27. The molecule has 0 spiro atoms. The largest absolute Gasteiger partial charge is 0.465 e. The van der Waals surface area contributed by atoms with Crippen molar-refractivity contribution < 1.29 is 4.42 Å². The first-order valence-corrected chi connectivity index (χ1v) is 6.50. The fourth-order valence-corrected chi connectivity index (χ4v) is 2.51. The summed E-state index contributed by atoms with van der Waals surface area (Å²) >= 11 is 0. The number of nitrogens with one attached hydrogen (secondary N) is 1. The molecule has 1 heterocycles. The molecule has 0 saturated heterocycles. The van der Waals surface area contributed by atoms with Crippen LogP contribution in [0.4, 0.5) is 0 Å². The first-order chi connectivity index (χ1) is 7.74.